The van der Waals surface area contributed by atoms with Crippen LogP contribution in [0.25, 0.3) is 6.08 Å². The first kappa shape index (κ1) is 19.4. The van der Waals surface area contributed by atoms with Crippen molar-refractivity contribution in [1.82, 2.24) is 9.78 Å². The molecule has 0 saturated carbocycles. The summed E-state index contributed by atoms with van der Waals surface area (Å²) >= 11 is 6.16. The van der Waals surface area contributed by atoms with E-state index in [1.807, 2.05) is 18.2 Å². The van der Waals surface area contributed by atoms with E-state index >= 15 is 0 Å². The van der Waals surface area contributed by atoms with Crippen LogP contribution < -0.4 is 5.32 Å². The number of ether oxygens (including phenoxy) is 1. The maximum Gasteiger partial charge on any atom is 0.331 e. The van der Waals surface area contributed by atoms with E-state index in [0.29, 0.717) is 23.1 Å². The minimum absolute atomic E-state index is 0.396. The van der Waals surface area contributed by atoms with Gasteiger partial charge in [0.05, 0.1) is 12.7 Å². The van der Waals surface area contributed by atoms with Crippen LogP contribution in [0.15, 0.2) is 59.2 Å². The normalized spacial score (nSPS) is 10.9. The van der Waals surface area contributed by atoms with E-state index in [4.69, 9.17) is 20.8 Å². The van der Waals surface area contributed by atoms with Gasteiger partial charge in [0.15, 0.2) is 6.61 Å². The molecule has 3 rings (SSSR count). The molecule has 28 heavy (non-hydrogen) atoms. The third kappa shape index (κ3) is 5.34. The van der Waals surface area contributed by atoms with Crippen LogP contribution in [0, 0.1) is 6.92 Å². The number of furan rings is 1. The van der Waals surface area contributed by atoms with Crippen molar-refractivity contribution in [3.05, 3.63) is 76.8 Å². The first-order chi connectivity index (χ1) is 13.5. The van der Waals surface area contributed by atoms with Crippen LogP contribution in [-0.4, -0.2) is 28.3 Å². The summed E-state index contributed by atoms with van der Waals surface area (Å²) in [5.41, 5.74) is 0.869. The number of anilines is 1. The fourth-order valence-corrected chi connectivity index (χ4v) is 2.61. The van der Waals surface area contributed by atoms with Gasteiger partial charge in [0, 0.05) is 17.2 Å². The van der Waals surface area contributed by atoms with Crippen molar-refractivity contribution >= 4 is 35.4 Å². The van der Waals surface area contributed by atoms with Gasteiger partial charge in [0.1, 0.15) is 17.3 Å². The Morgan fingerprint density at radius 3 is 2.82 bits per heavy atom. The SMILES string of the molecule is Cc1ccc(/C=C/C(=O)OCC(=O)Nc2ccnn2Cc2ccccc2Cl)o1. The highest BCUT2D eigenvalue weighted by molar-refractivity contribution is 6.31. The number of hydrogen-bond donors (Lipinski definition) is 1. The maximum absolute atomic E-state index is 12.1. The number of aromatic nitrogens is 2. The average molecular weight is 400 g/mol. The van der Waals surface area contributed by atoms with E-state index < -0.39 is 18.5 Å². The number of halogens is 1. The summed E-state index contributed by atoms with van der Waals surface area (Å²) < 4.78 is 11.8. The molecule has 1 N–H and O–H groups in total. The molecule has 8 heteroatoms. The number of carbonyl (C=O) groups excluding carboxylic acids is 2. The van der Waals surface area contributed by atoms with Gasteiger partial charge in [-0.1, -0.05) is 29.8 Å². The van der Waals surface area contributed by atoms with Crippen molar-refractivity contribution in [3.8, 4) is 0 Å². The molecule has 0 unspecified atom stereocenters. The van der Waals surface area contributed by atoms with Crippen LogP contribution in [0.2, 0.25) is 5.02 Å². The fourth-order valence-electron chi connectivity index (χ4n) is 2.41. The quantitative estimate of drug-likeness (QED) is 0.483. The number of nitrogens with one attached hydrogen (secondary N) is 1. The average Bonchev–Trinajstić information content (AvgIpc) is 3.29. The Hall–Kier alpha value is -3.32. The molecule has 1 amide bonds. The zero-order chi connectivity index (χ0) is 19.9. The molecule has 0 aliphatic carbocycles. The van der Waals surface area contributed by atoms with Crippen molar-refractivity contribution in [2.45, 2.75) is 13.5 Å². The summed E-state index contributed by atoms with van der Waals surface area (Å²) in [5, 5.41) is 7.45. The van der Waals surface area contributed by atoms with E-state index in [0.717, 1.165) is 11.3 Å². The van der Waals surface area contributed by atoms with Crippen LogP contribution in [0.1, 0.15) is 17.1 Å². The predicted octanol–water partition coefficient (Wildman–Crippen LogP) is 3.68. The molecular weight excluding hydrogens is 382 g/mol. The molecule has 0 aliphatic rings. The smallest absolute Gasteiger partial charge is 0.331 e. The molecule has 0 atom stereocenters. The van der Waals surface area contributed by atoms with Crippen LogP contribution in [0.5, 0.6) is 0 Å². The number of aryl methyl sites for hydroxylation is 1. The Bertz CT molecular complexity index is 1010. The summed E-state index contributed by atoms with van der Waals surface area (Å²) in [4.78, 5) is 23.8. The number of amides is 1. The van der Waals surface area contributed by atoms with E-state index in [9.17, 15) is 9.59 Å². The Balaban J connectivity index is 1.51. The molecule has 2 heterocycles. The third-order valence-corrected chi connectivity index (χ3v) is 4.12. The van der Waals surface area contributed by atoms with Gasteiger partial charge in [-0.3, -0.25) is 4.79 Å². The minimum Gasteiger partial charge on any atom is -0.462 e. The van der Waals surface area contributed by atoms with Crippen molar-refractivity contribution < 1.29 is 18.7 Å². The zero-order valence-electron chi connectivity index (χ0n) is 15.1. The van der Waals surface area contributed by atoms with E-state index in [1.54, 1.807) is 42.1 Å². The van der Waals surface area contributed by atoms with Crippen molar-refractivity contribution in [1.29, 1.82) is 0 Å². The van der Waals surface area contributed by atoms with Gasteiger partial charge in [-0.25, -0.2) is 9.48 Å². The number of nitrogens with zero attached hydrogens (tertiary/aromatic N) is 2. The van der Waals surface area contributed by atoms with Crippen molar-refractivity contribution in [3.63, 3.8) is 0 Å². The number of carbonyl (C=O) groups is 2. The lowest BCUT2D eigenvalue weighted by Gasteiger charge is -2.10. The zero-order valence-corrected chi connectivity index (χ0v) is 15.8. The molecule has 1 aromatic carbocycles. The number of hydrogen-bond acceptors (Lipinski definition) is 5. The lowest BCUT2D eigenvalue weighted by molar-refractivity contribution is -0.142. The fraction of sp³-hybridized carbons (Fsp3) is 0.150. The molecule has 0 spiro atoms. The van der Waals surface area contributed by atoms with Gasteiger partial charge in [-0.2, -0.15) is 5.10 Å². The summed E-state index contributed by atoms with van der Waals surface area (Å²) in [7, 11) is 0. The Morgan fingerprint density at radius 1 is 1.25 bits per heavy atom. The Kier molecular flexibility index (Phi) is 6.29. The van der Waals surface area contributed by atoms with Gasteiger partial charge in [-0.05, 0) is 36.8 Å². The first-order valence-electron chi connectivity index (χ1n) is 8.47. The van der Waals surface area contributed by atoms with Gasteiger partial charge in [0.25, 0.3) is 5.91 Å². The van der Waals surface area contributed by atoms with Crippen molar-refractivity contribution in [2.75, 3.05) is 11.9 Å². The molecule has 0 bridgehead atoms. The molecule has 0 aliphatic heterocycles. The summed E-state index contributed by atoms with van der Waals surface area (Å²) in [6, 6.07) is 12.5. The van der Waals surface area contributed by atoms with E-state index in [2.05, 4.69) is 10.4 Å². The standard InChI is InChI=1S/C20H18ClN3O4/c1-14-6-7-16(28-14)8-9-20(26)27-13-19(25)23-18-10-11-22-24(18)12-15-4-2-3-5-17(15)21/h2-11H,12-13H2,1H3,(H,23,25)/b9-8+. The van der Waals surface area contributed by atoms with E-state index in [1.165, 1.54) is 12.2 Å². The number of esters is 1. The van der Waals surface area contributed by atoms with Crippen LogP contribution in [0.4, 0.5) is 5.82 Å². The predicted molar refractivity (Wildman–Crippen MR) is 105 cm³/mol. The first-order valence-corrected chi connectivity index (χ1v) is 8.85. The molecule has 2 aromatic heterocycles. The van der Waals surface area contributed by atoms with Gasteiger partial charge in [0.2, 0.25) is 0 Å². The lowest BCUT2D eigenvalue weighted by atomic mass is 10.2. The topological polar surface area (TPSA) is 86.4 Å². The molecule has 0 radical (unpaired) electrons. The highest BCUT2D eigenvalue weighted by Crippen LogP contribution is 2.18. The van der Waals surface area contributed by atoms with Crippen LogP contribution >= 0.6 is 11.6 Å². The van der Waals surface area contributed by atoms with Gasteiger partial charge < -0.3 is 14.5 Å². The monoisotopic (exact) mass is 399 g/mol. The summed E-state index contributed by atoms with van der Waals surface area (Å²) in [5.74, 6) is 0.621. The van der Waals surface area contributed by atoms with Gasteiger partial charge in [-0.15, -0.1) is 0 Å². The van der Waals surface area contributed by atoms with Crippen LogP contribution in [-0.2, 0) is 20.9 Å². The second-order valence-electron chi connectivity index (χ2n) is 5.90. The Morgan fingerprint density at radius 2 is 2.07 bits per heavy atom. The summed E-state index contributed by atoms with van der Waals surface area (Å²) in [6.45, 7) is 1.78. The molecular formula is C20H18ClN3O4. The number of benzene rings is 1. The highest BCUT2D eigenvalue weighted by atomic mass is 35.5. The second kappa shape index (κ2) is 9.05. The molecule has 0 saturated heterocycles. The van der Waals surface area contributed by atoms with E-state index in [-0.39, 0.29) is 0 Å². The Labute approximate surface area is 166 Å². The third-order valence-electron chi connectivity index (χ3n) is 3.75. The second-order valence-corrected chi connectivity index (χ2v) is 6.31. The highest BCUT2D eigenvalue weighted by Gasteiger charge is 2.11. The number of rotatable bonds is 7. The van der Waals surface area contributed by atoms with Crippen LogP contribution in [0.3, 0.4) is 0 Å². The van der Waals surface area contributed by atoms with Gasteiger partial charge >= 0.3 is 5.97 Å². The summed E-state index contributed by atoms with van der Waals surface area (Å²) in [6.07, 6.45) is 4.24. The molecule has 3 aromatic rings. The lowest BCUT2D eigenvalue weighted by Crippen LogP contribution is -2.22. The molecule has 7 nitrogen and oxygen atoms in total. The maximum atomic E-state index is 12.1. The molecule has 0 fully saturated rings. The minimum atomic E-state index is -0.645. The largest absolute Gasteiger partial charge is 0.462 e. The molecule has 144 valence electrons. The van der Waals surface area contributed by atoms with Crippen molar-refractivity contribution in [2.24, 2.45) is 0 Å².